The van der Waals surface area contributed by atoms with Gasteiger partial charge in [-0.1, -0.05) is 60.7 Å². The summed E-state index contributed by atoms with van der Waals surface area (Å²) in [5.41, 5.74) is -1.03. The standard InChI is InChI=1S/C25H26N4O4/c1-29(17-23(30)28-22-12-14-26-18-27-22)15-13-21(16-29)33-24(31)25(32,19-8-4-2-5-9-19)20-10-6-3-7-11-20/h2-12,14,18,21,32H,13,15-17H2,1H3/p+1/t21-,29?/m1/s1. The summed E-state index contributed by atoms with van der Waals surface area (Å²) < 4.78 is 6.24. The number of hydrogen-bond acceptors (Lipinski definition) is 6. The smallest absolute Gasteiger partial charge is 0.348 e. The Morgan fingerprint density at radius 3 is 2.30 bits per heavy atom. The molecule has 0 bridgehead atoms. The molecule has 0 aliphatic carbocycles. The van der Waals surface area contributed by atoms with E-state index in [9.17, 15) is 14.7 Å². The first kappa shape index (κ1) is 22.6. The number of rotatable bonds is 7. The van der Waals surface area contributed by atoms with E-state index in [0.29, 0.717) is 40.9 Å². The highest BCUT2D eigenvalue weighted by Gasteiger charge is 2.45. The van der Waals surface area contributed by atoms with Gasteiger partial charge in [-0.25, -0.2) is 14.8 Å². The SMILES string of the molecule is C[N+]1(CC(=O)Nc2ccncn2)CC[C@@H](OC(=O)C(O)(c2ccccc2)c2ccccc2)C1. The lowest BCUT2D eigenvalue weighted by Gasteiger charge is -2.30. The van der Waals surface area contributed by atoms with Crippen LogP contribution in [0, 0.1) is 0 Å². The second kappa shape index (κ2) is 9.48. The van der Waals surface area contributed by atoms with Crippen molar-refractivity contribution in [3.8, 4) is 0 Å². The molecule has 2 N–H and O–H groups in total. The average molecular weight is 448 g/mol. The summed E-state index contributed by atoms with van der Waals surface area (Å²) in [6, 6.07) is 19.2. The van der Waals surface area contributed by atoms with Gasteiger partial charge in [0.1, 0.15) is 18.7 Å². The van der Waals surface area contributed by atoms with Crippen LogP contribution in [0.5, 0.6) is 0 Å². The minimum atomic E-state index is -1.92. The summed E-state index contributed by atoms with van der Waals surface area (Å²) in [6.07, 6.45) is 3.12. The van der Waals surface area contributed by atoms with Crippen LogP contribution in [-0.4, -0.2) is 64.2 Å². The van der Waals surface area contributed by atoms with Gasteiger partial charge in [-0.15, -0.1) is 0 Å². The fourth-order valence-electron chi connectivity index (χ4n) is 4.26. The maximum absolute atomic E-state index is 13.3. The van der Waals surface area contributed by atoms with Crippen molar-refractivity contribution in [3.63, 3.8) is 0 Å². The molecule has 2 aromatic carbocycles. The molecule has 2 heterocycles. The Balaban J connectivity index is 1.45. The monoisotopic (exact) mass is 447 g/mol. The molecule has 1 amide bonds. The molecule has 1 unspecified atom stereocenters. The molecule has 2 atom stereocenters. The summed E-state index contributed by atoms with van der Waals surface area (Å²) in [7, 11) is 1.95. The largest absolute Gasteiger partial charge is 0.453 e. The first-order valence-corrected chi connectivity index (χ1v) is 10.8. The van der Waals surface area contributed by atoms with E-state index in [-0.39, 0.29) is 12.5 Å². The molecule has 1 aromatic heterocycles. The number of benzene rings is 2. The van der Waals surface area contributed by atoms with E-state index in [1.165, 1.54) is 6.33 Å². The Morgan fingerprint density at radius 1 is 1.09 bits per heavy atom. The fraction of sp³-hybridized carbons (Fsp3) is 0.280. The summed E-state index contributed by atoms with van der Waals surface area (Å²) in [5.74, 6) is -0.448. The number of carbonyl (C=O) groups excluding carboxylic acids is 2. The molecule has 4 rings (SSSR count). The van der Waals surface area contributed by atoms with Crippen LogP contribution in [0.1, 0.15) is 17.5 Å². The molecule has 1 fully saturated rings. The van der Waals surface area contributed by atoms with Crippen molar-refractivity contribution in [1.82, 2.24) is 9.97 Å². The number of nitrogens with zero attached hydrogens (tertiary/aromatic N) is 3. The van der Waals surface area contributed by atoms with Gasteiger partial charge in [-0.2, -0.15) is 0 Å². The number of aliphatic hydroxyl groups is 1. The van der Waals surface area contributed by atoms with Crippen molar-refractivity contribution in [1.29, 1.82) is 0 Å². The van der Waals surface area contributed by atoms with Gasteiger partial charge in [0.15, 0.2) is 12.6 Å². The van der Waals surface area contributed by atoms with Crippen molar-refractivity contribution < 1.29 is 23.9 Å². The number of amides is 1. The molecule has 0 spiro atoms. The van der Waals surface area contributed by atoms with Crippen LogP contribution in [0.2, 0.25) is 0 Å². The third-order valence-electron chi connectivity index (χ3n) is 5.96. The lowest BCUT2D eigenvalue weighted by Crippen LogP contribution is -2.48. The van der Waals surface area contributed by atoms with Crippen LogP contribution in [0.15, 0.2) is 79.3 Å². The summed E-state index contributed by atoms with van der Waals surface area (Å²) in [5, 5.41) is 14.3. The number of likely N-dealkylation sites (N-methyl/N-ethyl adjacent to an activating group) is 1. The number of nitrogens with one attached hydrogen (secondary N) is 1. The minimum Gasteiger partial charge on any atom is -0.453 e. The molecule has 1 aliphatic heterocycles. The number of ether oxygens (including phenoxy) is 1. The number of aromatic nitrogens is 2. The molecule has 3 aromatic rings. The first-order chi connectivity index (χ1) is 15.9. The molecule has 0 radical (unpaired) electrons. The number of esters is 1. The van der Waals surface area contributed by atoms with Crippen molar-refractivity contribution in [2.75, 3.05) is 32.0 Å². The number of carbonyl (C=O) groups is 2. The molecule has 1 aliphatic rings. The van der Waals surface area contributed by atoms with Gasteiger partial charge in [0, 0.05) is 12.6 Å². The van der Waals surface area contributed by atoms with Crippen molar-refractivity contribution in [2.45, 2.75) is 18.1 Å². The Bertz CT molecular complexity index is 1060. The summed E-state index contributed by atoms with van der Waals surface area (Å²) in [6.45, 7) is 1.37. The fourth-order valence-corrected chi connectivity index (χ4v) is 4.26. The number of anilines is 1. The van der Waals surface area contributed by atoms with Crippen LogP contribution in [0.25, 0.3) is 0 Å². The van der Waals surface area contributed by atoms with Crippen LogP contribution in [0.4, 0.5) is 5.82 Å². The van der Waals surface area contributed by atoms with Crippen molar-refractivity contribution in [3.05, 3.63) is 90.4 Å². The Kier molecular flexibility index (Phi) is 6.48. The zero-order valence-corrected chi connectivity index (χ0v) is 18.4. The quantitative estimate of drug-likeness (QED) is 0.425. The van der Waals surface area contributed by atoms with Crippen molar-refractivity contribution in [2.24, 2.45) is 0 Å². The van der Waals surface area contributed by atoms with Crippen LogP contribution >= 0.6 is 0 Å². The van der Waals surface area contributed by atoms with Gasteiger partial charge >= 0.3 is 5.97 Å². The maximum Gasteiger partial charge on any atom is 0.348 e. The Labute approximate surface area is 192 Å². The normalized spacial score (nSPS) is 20.2. The molecule has 8 heteroatoms. The highest BCUT2D eigenvalue weighted by Crippen LogP contribution is 2.32. The van der Waals surface area contributed by atoms with Gasteiger partial charge in [0.05, 0.1) is 13.6 Å². The second-order valence-corrected chi connectivity index (χ2v) is 8.59. The average Bonchev–Trinajstić information content (AvgIpc) is 3.19. The van der Waals surface area contributed by atoms with E-state index in [1.807, 2.05) is 19.2 Å². The van der Waals surface area contributed by atoms with E-state index in [0.717, 1.165) is 0 Å². The predicted octanol–water partition coefficient (Wildman–Crippen LogP) is 2.11. The van der Waals surface area contributed by atoms with E-state index in [2.05, 4.69) is 15.3 Å². The second-order valence-electron chi connectivity index (χ2n) is 8.59. The molecule has 0 saturated carbocycles. The third-order valence-corrected chi connectivity index (χ3v) is 5.96. The van der Waals surface area contributed by atoms with Gasteiger partial charge in [-0.3, -0.25) is 4.79 Å². The van der Waals surface area contributed by atoms with Gasteiger partial charge in [0.2, 0.25) is 5.60 Å². The maximum atomic E-state index is 13.3. The van der Waals surface area contributed by atoms with E-state index in [1.54, 1.807) is 60.8 Å². The number of hydrogen-bond donors (Lipinski definition) is 2. The lowest BCUT2D eigenvalue weighted by atomic mass is 9.86. The molecule has 8 nitrogen and oxygen atoms in total. The zero-order valence-electron chi connectivity index (χ0n) is 18.4. The Morgan fingerprint density at radius 2 is 1.73 bits per heavy atom. The Hall–Kier alpha value is -3.62. The van der Waals surface area contributed by atoms with Gasteiger partial charge < -0.3 is 19.6 Å². The zero-order chi connectivity index (χ0) is 23.3. The topological polar surface area (TPSA) is 101 Å². The number of likely N-dealkylation sites (tertiary alicyclic amines) is 1. The third kappa shape index (κ3) is 5.08. The van der Waals surface area contributed by atoms with Crippen LogP contribution in [-0.2, 0) is 19.9 Å². The molecule has 33 heavy (non-hydrogen) atoms. The molecular formula is C25H27N4O4+. The highest BCUT2D eigenvalue weighted by molar-refractivity contribution is 5.90. The molecule has 170 valence electrons. The summed E-state index contributed by atoms with van der Waals surface area (Å²) >= 11 is 0. The summed E-state index contributed by atoms with van der Waals surface area (Å²) in [4.78, 5) is 33.7. The molecule has 1 saturated heterocycles. The van der Waals surface area contributed by atoms with Crippen molar-refractivity contribution >= 4 is 17.7 Å². The van der Waals surface area contributed by atoms with E-state index in [4.69, 9.17) is 4.74 Å². The predicted molar refractivity (Wildman–Crippen MR) is 122 cm³/mol. The van der Waals surface area contributed by atoms with Crippen LogP contribution < -0.4 is 5.32 Å². The van der Waals surface area contributed by atoms with Gasteiger partial charge in [0.25, 0.3) is 5.91 Å². The van der Waals surface area contributed by atoms with E-state index < -0.39 is 17.7 Å². The van der Waals surface area contributed by atoms with Crippen LogP contribution in [0.3, 0.4) is 0 Å². The highest BCUT2D eigenvalue weighted by atomic mass is 16.6. The van der Waals surface area contributed by atoms with Gasteiger partial charge in [-0.05, 0) is 17.2 Å². The van der Waals surface area contributed by atoms with E-state index >= 15 is 0 Å². The molecular weight excluding hydrogens is 420 g/mol. The minimum absolute atomic E-state index is 0.173. The first-order valence-electron chi connectivity index (χ1n) is 10.8. The number of quaternary nitrogens is 1. The lowest BCUT2D eigenvalue weighted by molar-refractivity contribution is -0.890.